The number of hydrogen-bond donors (Lipinski definition) is 1. The first-order valence-corrected chi connectivity index (χ1v) is 9.46. The number of halogens is 1. The van der Waals surface area contributed by atoms with Gasteiger partial charge in [0.1, 0.15) is 5.54 Å². The maximum absolute atomic E-state index is 13.0. The van der Waals surface area contributed by atoms with Gasteiger partial charge < -0.3 is 20.1 Å². The fourth-order valence-corrected chi connectivity index (χ4v) is 3.46. The Morgan fingerprint density at radius 2 is 1.70 bits per heavy atom. The van der Waals surface area contributed by atoms with Crippen LogP contribution in [0.1, 0.15) is 18.1 Å². The summed E-state index contributed by atoms with van der Waals surface area (Å²) in [7, 11) is 4.97. The van der Waals surface area contributed by atoms with Crippen molar-refractivity contribution in [2.45, 2.75) is 23.9 Å². The summed E-state index contributed by atoms with van der Waals surface area (Å²) in [5, 5.41) is 0. The molecule has 0 fully saturated rings. The minimum atomic E-state index is -1.09. The zero-order chi connectivity index (χ0) is 19.3. The van der Waals surface area contributed by atoms with Crippen molar-refractivity contribution in [2.24, 2.45) is 5.73 Å². The van der Waals surface area contributed by atoms with Crippen LogP contribution in [0.2, 0.25) is 0 Å². The van der Waals surface area contributed by atoms with E-state index in [0.717, 1.165) is 16.0 Å². The molecule has 0 radical (unpaired) electrons. The van der Waals surface area contributed by atoms with Crippen molar-refractivity contribution in [3.63, 3.8) is 0 Å². The van der Waals surface area contributed by atoms with Gasteiger partial charge in [0.05, 0.1) is 14.2 Å². The molecule has 2 rings (SSSR count). The lowest BCUT2D eigenvalue weighted by Crippen LogP contribution is -2.49. The van der Waals surface area contributed by atoms with Gasteiger partial charge in [-0.05, 0) is 36.4 Å². The second-order valence-electron chi connectivity index (χ2n) is 6.25. The number of ether oxygens (including phenoxy) is 2. The average Bonchev–Trinajstić information content (AvgIpc) is 2.67. The van der Waals surface area contributed by atoms with Crippen LogP contribution in [-0.4, -0.2) is 38.3 Å². The molecule has 0 heterocycles. The summed E-state index contributed by atoms with van der Waals surface area (Å²) in [6.45, 7) is 2.17. The minimum absolute atomic E-state index is 0. The second-order valence-corrected chi connectivity index (χ2v) is 7.10. The van der Waals surface area contributed by atoms with Crippen LogP contribution in [0.4, 0.5) is 0 Å². The molecule has 0 spiro atoms. The van der Waals surface area contributed by atoms with Crippen LogP contribution in [0, 0.1) is 0 Å². The van der Waals surface area contributed by atoms with Gasteiger partial charge in [-0.3, -0.25) is 4.79 Å². The SMILES string of the molecule is COc1cc(CN(C)C(=O)C(C)(N)c2ccccc2)c(SC)cc1OC.Cl. The minimum Gasteiger partial charge on any atom is -0.493 e. The molecule has 2 aromatic carbocycles. The molecule has 2 aromatic rings. The van der Waals surface area contributed by atoms with Crippen LogP contribution < -0.4 is 15.2 Å². The number of methoxy groups -OCH3 is 2. The Labute approximate surface area is 171 Å². The van der Waals surface area contributed by atoms with Gasteiger partial charge >= 0.3 is 0 Å². The molecule has 0 aromatic heterocycles. The number of carbonyl (C=O) groups excluding carboxylic acids is 1. The number of nitrogens with two attached hydrogens (primary N) is 1. The normalized spacial score (nSPS) is 12.5. The lowest BCUT2D eigenvalue weighted by atomic mass is 9.91. The first-order chi connectivity index (χ1) is 12.3. The average molecular weight is 411 g/mol. The zero-order valence-electron chi connectivity index (χ0n) is 16.3. The topological polar surface area (TPSA) is 64.8 Å². The third-order valence-corrected chi connectivity index (χ3v) is 5.18. The second kappa shape index (κ2) is 9.88. The van der Waals surface area contributed by atoms with Crippen LogP contribution in [0.5, 0.6) is 11.5 Å². The van der Waals surface area contributed by atoms with E-state index in [0.29, 0.717) is 18.0 Å². The third-order valence-electron chi connectivity index (χ3n) is 4.36. The zero-order valence-corrected chi connectivity index (χ0v) is 17.9. The van der Waals surface area contributed by atoms with E-state index in [1.54, 1.807) is 44.9 Å². The van der Waals surface area contributed by atoms with Crippen molar-refractivity contribution in [3.05, 3.63) is 53.6 Å². The van der Waals surface area contributed by atoms with Gasteiger partial charge in [-0.2, -0.15) is 0 Å². The molecular weight excluding hydrogens is 384 g/mol. The highest BCUT2D eigenvalue weighted by molar-refractivity contribution is 7.98. The Balaban J connectivity index is 0.00000364. The van der Waals surface area contributed by atoms with E-state index in [4.69, 9.17) is 15.2 Å². The van der Waals surface area contributed by atoms with E-state index in [9.17, 15) is 4.79 Å². The van der Waals surface area contributed by atoms with Gasteiger partial charge in [0.25, 0.3) is 0 Å². The highest BCUT2D eigenvalue weighted by Gasteiger charge is 2.33. The van der Waals surface area contributed by atoms with Crippen molar-refractivity contribution in [2.75, 3.05) is 27.5 Å². The Morgan fingerprint density at radius 1 is 1.15 bits per heavy atom. The van der Waals surface area contributed by atoms with Crippen molar-refractivity contribution in [3.8, 4) is 11.5 Å². The molecule has 148 valence electrons. The summed E-state index contributed by atoms with van der Waals surface area (Å²) in [4.78, 5) is 15.7. The maximum atomic E-state index is 13.0. The Kier molecular flexibility index (Phi) is 8.47. The fraction of sp³-hybridized carbons (Fsp3) is 0.350. The molecule has 0 bridgehead atoms. The quantitative estimate of drug-likeness (QED) is 0.705. The van der Waals surface area contributed by atoms with Crippen LogP contribution in [0.25, 0.3) is 0 Å². The lowest BCUT2D eigenvalue weighted by Gasteiger charge is -2.30. The first kappa shape index (κ1) is 23.1. The summed E-state index contributed by atoms with van der Waals surface area (Å²) >= 11 is 1.60. The molecule has 0 aliphatic carbocycles. The van der Waals surface area contributed by atoms with Gasteiger partial charge in [0.2, 0.25) is 5.91 Å². The van der Waals surface area contributed by atoms with E-state index >= 15 is 0 Å². The van der Waals surface area contributed by atoms with E-state index in [-0.39, 0.29) is 18.3 Å². The van der Waals surface area contributed by atoms with E-state index in [1.807, 2.05) is 48.7 Å². The van der Waals surface area contributed by atoms with E-state index < -0.39 is 5.54 Å². The molecule has 0 saturated heterocycles. The van der Waals surface area contributed by atoms with Crippen molar-refractivity contribution in [1.82, 2.24) is 4.90 Å². The summed E-state index contributed by atoms with van der Waals surface area (Å²) in [6.07, 6.45) is 1.99. The lowest BCUT2D eigenvalue weighted by molar-refractivity contribution is -0.136. The van der Waals surface area contributed by atoms with Crippen LogP contribution in [-0.2, 0) is 16.9 Å². The summed E-state index contributed by atoms with van der Waals surface area (Å²) < 4.78 is 10.8. The predicted octanol–water partition coefficient (Wildman–Crippen LogP) is 3.68. The molecule has 1 atom stereocenters. The number of amides is 1. The molecule has 27 heavy (non-hydrogen) atoms. The molecule has 2 N–H and O–H groups in total. The van der Waals surface area contributed by atoms with E-state index in [2.05, 4.69) is 0 Å². The van der Waals surface area contributed by atoms with Gasteiger partial charge in [0, 0.05) is 18.5 Å². The number of benzene rings is 2. The van der Waals surface area contributed by atoms with E-state index in [1.165, 1.54) is 0 Å². The highest BCUT2D eigenvalue weighted by Crippen LogP contribution is 2.35. The largest absolute Gasteiger partial charge is 0.493 e. The molecule has 1 amide bonds. The molecular formula is C20H27ClN2O3S. The number of thioether (sulfide) groups is 1. The highest BCUT2D eigenvalue weighted by atomic mass is 35.5. The fourth-order valence-electron chi connectivity index (χ4n) is 2.85. The van der Waals surface area contributed by atoms with Gasteiger partial charge in [-0.25, -0.2) is 0 Å². The van der Waals surface area contributed by atoms with Crippen LogP contribution in [0.3, 0.4) is 0 Å². The summed E-state index contributed by atoms with van der Waals surface area (Å²) in [5.41, 5.74) is 7.04. The number of hydrogen-bond acceptors (Lipinski definition) is 5. The number of likely N-dealkylation sites (N-methyl/N-ethyl adjacent to an activating group) is 1. The molecule has 1 unspecified atom stereocenters. The molecule has 0 aliphatic heterocycles. The maximum Gasteiger partial charge on any atom is 0.247 e. The van der Waals surface area contributed by atoms with Crippen molar-refractivity contribution < 1.29 is 14.3 Å². The van der Waals surface area contributed by atoms with Gasteiger partial charge in [0.15, 0.2) is 11.5 Å². The first-order valence-electron chi connectivity index (χ1n) is 8.24. The van der Waals surface area contributed by atoms with Gasteiger partial charge in [-0.15, -0.1) is 24.2 Å². The molecule has 7 heteroatoms. The Bertz CT molecular complexity index is 769. The van der Waals surface area contributed by atoms with Crippen molar-refractivity contribution >= 4 is 30.1 Å². The van der Waals surface area contributed by atoms with Gasteiger partial charge in [-0.1, -0.05) is 30.3 Å². The number of nitrogens with zero attached hydrogens (tertiary/aromatic N) is 1. The molecule has 0 saturated carbocycles. The molecule has 0 aliphatic rings. The Morgan fingerprint density at radius 3 is 2.22 bits per heavy atom. The standard InChI is InChI=1S/C20H26N2O3S.ClH/c1-20(21,15-9-7-6-8-10-15)19(23)22(2)13-14-11-16(24-3)17(25-4)12-18(14)26-5;/h6-12H,13,21H2,1-5H3;1H. The molecule has 5 nitrogen and oxygen atoms in total. The third kappa shape index (κ3) is 5.09. The smallest absolute Gasteiger partial charge is 0.247 e. The van der Waals surface area contributed by atoms with Crippen LogP contribution in [0.15, 0.2) is 47.4 Å². The van der Waals surface area contributed by atoms with Crippen LogP contribution >= 0.6 is 24.2 Å². The monoisotopic (exact) mass is 410 g/mol. The summed E-state index contributed by atoms with van der Waals surface area (Å²) in [6, 6.07) is 13.2. The summed E-state index contributed by atoms with van der Waals surface area (Å²) in [5.74, 6) is 1.16. The predicted molar refractivity (Wildman–Crippen MR) is 113 cm³/mol. The number of rotatable bonds is 7. The Hall–Kier alpha value is -1.89. The number of carbonyl (C=O) groups is 1. The van der Waals surface area contributed by atoms with Crippen molar-refractivity contribution in [1.29, 1.82) is 0 Å².